The average Bonchev–Trinajstić information content (AvgIpc) is 3.41. The Morgan fingerprint density at radius 1 is 1.12 bits per heavy atom. The van der Waals surface area contributed by atoms with Crippen LogP contribution in [0.1, 0.15) is 66.8 Å². The standard InChI is InChI=1S/C19H24N2O3S/c1-21-12-17(13-5-3-2-4-6-13)16-10-7-14(11-18(16)21)19(22)20-25(23,24)15-8-9-15/h7,10-13,15H,2-6,8-9H2,1H3,(H,20,22). The van der Waals surface area contributed by atoms with Crippen LogP contribution in [-0.4, -0.2) is 24.1 Å². The van der Waals surface area contributed by atoms with E-state index in [0.29, 0.717) is 24.3 Å². The van der Waals surface area contributed by atoms with Crippen molar-refractivity contribution in [3.05, 3.63) is 35.5 Å². The number of sulfonamides is 1. The van der Waals surface area contributed by atoms with Crippen LogP contribution >= 0.6 is 0 Å². The number of rotatable bonds is 4. The number of carbonyl (C=O) groups excluding carboxylic acids is 1. The second kappa shape index (κ2) is 6.16. The topological polar surface area (TPSA) is 68.2 Å². The average molecular weight is 360 g/mol. The molecule has 0 radical (unpaired) electrons. The predicted molar refractivity (Wildman–Crippen MR) is 98.2 cm³/mol. The highest BCUT2D eigenvalue weighted by atomic mass is 32.2. The van der Waals surface area contributed by atoms with E-state index in [1.807, 2.05) is 17.7 Å². The number of aryl methyl sites for hydroxylation is 1. The molecule has 2 aliphatic carbocycles. The van der Waals surface area contributed by atoms with E-state index in [-0.39, 0.29) is 0 Å². The minimum Gasteiger partial charge on any atom is -0.350 e. The maximum Gasteiger partial charge on any atom is 0.264 e. The molecule has 2 saturated carbocycles. The first-order valence-electron chi connectivity index (χ1n) is 9.10. The summed E-state index contributed by atoms with van der Waals surface area (Å²) in [5.74, 6) is 0.0570. The number of nitrogens with zero attached hydrogens (tertiary/aromatic N) is 1. The van der Waals surface area contributed by atoms with E-state index in [1.54, 1.807) is 12.1 Å². The number of hydrogen-bond acceptors (Lipinski definition) is 3. The fraction of sp³-hybridized carbons (Fsp3) is 0.526. The van der Waals surface area contributed by atoms with Crippen molar-refractivity contribution in [2.75, 3.05) is 0 Å². The third-order valence-corrected chi connectivity index (χ3v) is 7.35. The molecule has 2 aliphatic rings. The van der Waals surface area contributed by atoms with Crippen LogP contribution in [0.25, 0.3) is 10.9 Å². The van der Waals surface area contributed by atoms with Gasteiger partial charge in [-0.1, -0.05) is 25.3 Å². The second-order valence-electron chi connectivity index (χ2n) is 7.44. The number of nitrogens with one attached hydrogen (secondary N) is 1. The molecule has 1 aromatic carbocycles. The van der Waals surface area contributed by atoms with Gasteiger partial charge in [-0.25, -0.2) is 13.1 Å². The summed E-state index contributed by atoms with van der Waals surface area (Å²) in [7, 11) is -1.53. The summed E-state index contributed by atoms with van der Waals surface area (Å²) in [6.07, 6.45) is 9.78. The van der Waals surface area contributed by atoms with Gasteiger partial charge in [-0.2, -0.15) is 0 Å². The quantitative estimate of drug-likeness (QED) is 0.908. The van der Waals surface area contributed by atoms with E-state index >= 15 is 0 Å². The van der Waals surface area contributed by atoms with Gasteiger partial charge in [0.1, 0.15) is 0 Å². The van der Waals surface area contributed by atoms with Crippen molar-refractivity contribution in [1.82, 2.24) is 9.29 Å². The van der Waals surface area contributed by atoms with Gasteiger partial charge in [0.2, 0.25) is 10.0 Å². The molecule has 4 rings (SSSR count). The van der Waals surface area contributed by atoms with Crippen molar-refractivity contribution in [3.63, 3.8) is 0 Å². The molecule has 0 bridgehead atoms. The minimum atomic E-state index is -3.52. The molecule has 0 spiro atoms. The van der Waals surface area contributed by atoms with E-state index in [9.17, 15) is 13.2 Å². The normalized spacial score (nSPS) is 19.2. The molecule has 0 saturated heterocycles. The summed E-state index contributed by atoms with van der Waals surface area (Å²) >= 11 is 0. The molecule has 6 heteroatoms. The number of benzene rings is 1. The van der Waals surface area contributed by atoms with Crippen molar-refractivity contribution in [2.24, 2.45) is 7.05 Å². The number of aromatic nitrogens is 1. The number of amides is 1. The Bertz CT molecular complexity index is 920. The minimum absolute atomic E-state index is 0.395. The lowest BCUT2D eigenvalue weighted by atomic mass is 9.84. The van der Waals surface area contributed by atoms with E-state index in [0.717, 1.165) is 5.52 Å². The van der Waals surface area contributed by atoms with Crippen LogP contribution in [0.4, 0.5) is 0 Å². The summed E-state index contributed by atoms with van der Waals surface area (Å²) in [5, 5.41) is 0.782. The Kier molecular flexibility index (Phi) is 4.10. The molecule has 5 nitrogen and oxygen atoms in total. The third-order valence-electron chi connectivity index (χ3n) is 5.53. The highest BCUT2D eigenvalue weighted by Gasteiger charge is 2.37. The first-order valence-corrected chi connectivity index (χ1v) is 10.7. The number of fused-ring (bicyclic) bond motifs is 1. The van der Waals surface area contributed by atoms with Gasteiger partial charge in [0.15, 0.2) is 0 Å². The van der Waals surface area contributed by atoms with E-state index in [1.165, 1.54) is 43.1 Å². The van der Waals surface area contributed by atoms with Crippen molar-refractivity contribution in [1.29, 1.82) is 0 Å². The van der Waals surface area contributed by atoms with Crippen LogP contribution in [0, 0.1) is 0 Å². The van der Waals surface area contributed by atoms with Crippen molar-refractivity contribution >= 4 is 26.8 Å². The van der Waals surface area contributed by atoms with Gasteiger partial charge in [-0.3, -0.25) is 4.79 Å². The molecule has 1 heterocycles. The zero-order valence-corrected chi connectivity index (χ0v) is 15.3. The molecule has 0 aliphatic heterocycles. The van der Waals surface area contributed by atoms with E-state index in [4.69, 9.17) is 0 Å². The molecule has 1 amide bonds. The van der Waals surface area contributed by atoms with Gasteiger partial charge in [-0.05, 0) is 49.3 Å². The molecule has 25 heavy (non-hydrogen) atoms. The van der Waals surface area contributed by atoms with Gasteiger partial charge < -0.3 is 4.57 Å². The Morgan fingerprint density at radius 3 is 2.52 bits per heavy atom. The fourth-order valence-corrected chi connectivity index (χ4v) is 5.24. The first kappa shape index (κ1) is 16.6. The van der Waals surface area contributed by atoms with Crippen LogP contribution in [0.2, 0.25) is 0 Å². The largest absolute Gasteiger partial charge is 0.350 e. The van der Waals surface area contributed by atoms with Gasteiger partial charge in [0.25, 0.3) is 5.91 Å². The molecular formula is C19H24N2O3S. The SMILES string of the molecule is Cn1cc(C2CCCCC2)c2ccc(C(=O)NS(=O)(=O)C3CC3)cc21. The molecule has 1 aromatic heterocycles. The highest BCUT2D eigenvalue weighted by Crippen LogP contribution is 2.37. The zero-order valence-electron chi connectivity index (χ0n) is 14.5. The molecule has 2 fully saturated rings. The smallest absolute Gasteiger partial charge is 0.264 e. The second-order valence-corrected chi connectivity index (χ2v) is 9.40. The first-order chi connectivity index (χ1) is 12.0. The van der Waals surface area contributed by atoms with Crippen LogP contribution in [-0.2, 0) is 17.1 Å². The van der Waals surface area contributed by atoms with Gasteiger partial charge in [-0.15, -0.1) is 0 Å². The lowest BCUT2D eigenvalue weighted by Gasteiger charge is -2.21. The summed E-state index contributed by atoms with van der Waals surface area (Å²) < 4.78 is 28.2. The third kappa shape index (κ3) is 3.19. The van der Waals surface area contributed by atoms with Crippen LogP contribution in [0.5, 0.6) is 0 Å². The van der Waals surface area contributed by atoms with Crippen molar-refractivity contribution < 1.29 is 13.2 Å². The summed E-state index contributed by atoms with van der Waals surface area (Å²) in [6, 6.07) is 5.52. The molecule has 1 N–H and O–H groups in total. The monoisotopic (exact) mass is 360 g/mol. The predicted octanol–water partition coefficient (Wildman–Crippen LogP) is 3.45. The molecule has 134 valence electrons. The Hall–Kier alpha value is -1.82. The maximum absolute atomic E-state index is 12.4. The van der Waals surface area contributed by atoms with Gasteiger partial charge in [0.05, 0.1) is 5.25 Å². The Balaban J connectivity index is 1.64. The van der Waals surface area contributed by atoms with Crippen LogP contribution in [0.3, 0.4) is 0 Å². The molecular weight excluding hydrogens is 336 g/mol. The molecule has 2 aromatic rings. The number of carbonyl (C=O) groups is 1. The Labute approximate surface area is 148 Å². The van der Waals surface area contributed by atoms with Gasteiger partial charge in [0, 0.05) is 29.7 Å². The summed E-state index contributed by atoms with van der Waals surface area (Å²) in [4.78, 5) is 12.4. The molecule has 0 atom stereocenters. The zero-order chi connectivity index (χ0) is 17.6. The van der Waals surface area contributed by atoms with Crippen molar-refractivity contribution in [2.45, 2.75) is 56.1 Å². The number of hydrogen-bond donors (Lipinski definition) is 1. The lowest BCUT2D eigenvalue weighted by Crippen LogP contribution is -2.33. The summed E-state index contributed by atoms with van der Waals surface area (Å²) in [5.41, 5.74) is 2.74. The van der Waals surface area contributed by atoms with Crippen LogP contribution < -0.4 is 4.72 Å². The highest BCUT2D eigenvalue weighted by molar-refractivity contribution is 7.91. The molecule has 0 unspecified atom stereocenters. The fourth-order valence-electron chi connectivity index (χ4n) is 3.95. The summed E-state index contributed by atoms with van der Waals surface area (Å²) in [6.45, 7) is 0. The van der Waals surface area contributed by atoms with E-state index < -0.39 is 21.2 Å². The van der Waals surface area contributed by atoms with Crippen LogP contribution in [0.15, 0.2) is 24.4 Å². The van der Waals surface area contributed by atoms with Gasteiger partial charge >= 0.3 is 0 Å². The lowest BCUT2D eigenvalue weighted by molar-refractivity contribution is 0.0981. The Morgan fingerprint density at radius 2 is 1.84 bits per heavy atom. The van der Waals surface area contributed by atoms with E-state index in [2.05, 4.69) is 10.9 Å². The maximum atomic E-state index is 12.4. The van der Waals surface area contributed by atoms with Crippen molar-refractivity contribution in [3.8, 4) is 0 Å².